The molecule has 1 aromatic heterocycles. The Bertz CT molecular complexity index is 411. The minimum Gasteiger partial charge on any atom is -0.480 e. The van der Waals surface area contributed by atoms with Gasteiger partial charge in [0, 0.05) is 16.8 Å². The highest BCUT2D eigenvalue weighted by Crippen LogP contribution is 2.04. The molecule has 0 unspecified atom stereocenters. The third-order valence-electron chi connectivity index (χ3n) is 1.95. The van der Waals surface area contributed by atoms with E-state index >= 15 is 0 Å². The van der Waals surface area contributed by atoms with Gasteiger partial charge in [0.05, 0.1) is 6.54 Å². The van der Waals surface area contributed by atoms with Crippen LogP contribution in [0.15, 0.2) is 23.4 Å². The topological polar surface area (TPSA) is 125 Å². The van der Waals surface area contributed by atoms with Crippen molar-refractivity contribution in [1.29, 1.82) is 0 Å². The molecule has 0 amide bonds. The molecule has 0 aliphatic carbocycles. The van der Waals surface area contributed by atoms with Gasteiger partial charge in [0.15, 0.2) is 0 Å². The summed E-state index contributed by atoms with van der Waals surface area (Å²) < 4.78 is 0. The van der Waals surface area contributed by atoms with E-state index in [-0.39, 0.29) is 20.4 Å². The minimum atomic E-state index is -1.04. The van der Waals surface area contributed by atoms with Gasteiger partial charge in [0.1, 0.15) is 6.04 Å². The highest BCUT2D eigenvalue weighted by Gasteiger charge is 2.11. The molecule has 1 atom stereocenters. The minimum absolute atomic E-state index is 0. The van der Waals surface area contributed by atoms with E-state index < -0.39 is 12.0 Å². The van der Waals surface area contributed by atoms with E-state index in [1.165, 1.54) is 6.20 Å². The van der Waals surface area contributed by atoms with Gasteiger partial charge in [0.25, 0.3) is 0 Å². The second kappa shape index (κ2) is 7.21. The molecule has 17 heavy (non-hydrogen) atoms. The predicted octanol–water partition coefficient (Wildman–Crippen LogP) is 1.48. The molecule has 1 rings (SSSR count). The third kappa shape index (κ3) is 4.96. The number of hydrogen-bond donors (Lipinski definition) is 2. The van der Waals surface area contributed by atoms with E-state index in [1.54, 1.807) is 12.1 Å². The Hall–Kier alpha value is -2.11. The number of aliphatic carboxylic acids is 1. The zero-order valence-corrected chi connectivity index (χ0v) is 8.45. The first-order valence-corrected chi connectivity index (χ1v) is 4.56. The Balaban J connectivity index is 0.00000256. The number of nitrogens with zero attached hydrogens (tertiary/aromatic N) is 4. The van der Waals surface area contributed by atoms with Gasteiger partial charge >= 0.3 is 5.97 Å². The quantitative estimate of drug-likeness (QED) is 0.457. The van der Waals surface area contributed by atoms with Gasteiger partial charge in [-0.05, 0) is 23.6 Å². The van der Waals surface area contributed by atoms with E-state index in [4.69, 9.17) is 16.4 Å². The molecule has 1 aromatic rings. The molecule has 0 saturated carbocycles. The van der Waals surface area contributed by atoms with Crippen LogP contribution >= 0.6 is 0 Å². The van der Waals surface area contributed by atoms with Gasteiger partial charge in [-0.25, -0.2) is 0 Å². The van der Waals surface area contributed by atoms with Gasteiger partial charge in [-0.2, -0.15) is 0 Å². The first kappa shape index (κ1) is 14.9. The first-order valence-electron chi connectivity index (χ1n) is 4.56. The zero-order valence-electron chi connectivity index (χ0n) is 8.45. The van der Waals surface area contributed by atoms with Gasteiger partial charge in [0.2, 0.25) is 0 Å². The van der Waals surface area contributed by atoms with E-state index in [1.807, 2.05) is 0 Å². The van der Waals surface area contributed by atoms with Crippen LogP contribution < -0.4 is 5.73 Å². The Labute approximate surface area is 98.9 Å². The lowest BCUT2D eigenvalue weighted by atomic mass is 10.1. The molecular formula is C10H15N5O2. The van der Waals surface area contributed by atoms with E-state index in [0.29, 0.717) is 5.69 Å². The van der Waals surface area contributed by atoms with E-state index in [0.717, 1.165) is 5.56 Å². The molecule has 0 fully saturated rings. The summed E-state index contributed by atoms with van der Waals surface area (Å²) in [5.74, 6) is -1.04. The highest BCUT2D eigenvalue weighted by atomic mass is 16.4. The number of rotatable bonds is 5. The van der Waals surface area contributed by atoms with Gasteiger partial charge in [-0.3, -0.25) is 9.78 Å². The van der Waals surface area contributed by atoms with E-state index in [9.17, 15) is 4.79 Å². The monoisotopic (exact) mass is 237 g/mol. The number of hydrogen-bond acceptors (Lipinski definition) is 4. The summed E-state index contributed by atoms with van der Waals surface area (Å²) in [4.78, 5) is 17.1. The molecule has 0 aliphatic heterocycles. The zero-order chi connectivity index (χ0) is 12.0. The van der Waals surface area contributed by atoms with Crippen molar-refractivity contribution in [1.82, 2.24) is 4.98 Å². The van der Waals surface area contributed by atoms with Crippen LogP contribution in [-0.4, -0.2) is 22.1 Å². The Morgan fingerprint density at radius 2 is 2.35 bits per heavy atom. The van der Waals surface area contributed by atoms with Gasteiger partial charge in [-0.15, -0.1) is 0 Å². The summed E-state index contributed by atoms with van der Waals surface area (Å²) in [7, 11) is 0. The molecule has 0 spiro atoms. The molecule has 3 N–H and O–H groups in total. The van der Waals surface area contributed by atoms with Crippen LogP contribution in [0.2, 0.25) is 0 Å². The smallest absolute Gasteiger partial charge is 0.320 e. The summed E-state index contributed by atoms with van der Waals surface area (Å²) in [6, 6.07) is 2.47. The van der Waals surface area contributed by atoms with Crippen LogP contribution in [-0.2, 0) is 17.8 Å². The Kier molecular flexibility index (Phi) is 6.32. The van der Waals surface area contributed by atoms with Crippen molar-refractivity contribution in [2.45, 2.75) is 26.4 Å². The SMILES string of the molecule is C.[N-]=[N+]=NCc1ccc(C[C@H](N)C(=O)O)cn1. The van der Waals surface area contributed by atoms with Gasteiger partial charge in [-0.1, -0.05) is 18.6 Å². The third-order valence-corrected chi connectivity index (χ3v) is 1.95. The highest BCUT2D eigenvalue weighted by molar-refractivity contribution is 5.73. The van der Waals surface area contributed by atoms with Crippen molar-refractivity contribution in [3.8, 4) is 0 Å². The molecular weight excluding hydrogens is 222 g/mol. The molecule has 0 bridgehead atoms. The number of carbonyl (C=O) groups is 1. The average molecular weight is 237 g/mol. The van der Waals surface area contributed by atoms with Crippen molar-refractivity contribution in [2.75, 3.05) is 0 Å². The maximum Gasteiger partial charge on any atom is 0.320 e. The van der Waals surface area contributed by atoms with Crippen LogP contribution in [0, 0.1) is 0 Å². The fourth-order valence-corrected chi connectivity index (χ4v) is 1.11. The maximum atomic E-state index is 10.5. The number of pyridine rings is 1. The lowest BCUT2D eigenvalue weighted by Crippen LogP contribution is -2.32. The summed E-state index contributed by atoms with van der Waals surface area (Å²) in [6.45, 7) is 0.182. The van der Waals surface area contributed by atoms with Crippen molar-refractivity contribution in [3.05, 3.63) is 40.0 Å². The Morgan fingerprint density at radius 1 is 1.65 bits per heavy atom. The summed E-state index contributed by atoms with van der Waals surface area (Å²) in [6.07, 6.45) is 1.76. The molecule has 0 aromatic carbocycles. The molecule has 7 nitrogen and oxygen atoms in total. The standard InChI is InChI=1S/C9H11N5O2.CH4/c10-8(9(15)16)3-6-1-2-7(12-4-6)5-13-14-11;/h1-2,4,8H,3,5,10H2,(H,15,16);1H4/t8-;/m0./s1. The van der Waals surface area contributed by atoms with Crippen molar-refractivity contribution >= 4 is 5.97 Å². The van der Waals surface area contributed by atoms with Gasteiger partial charge < -0.3 is 10.8 Å². The lowest BCUT2D eigenvalue weighted by Gasteiger charge is -2.06. The summed E-state index contributed by atoms with van der Waals surface area (Å²) in [5.41, 5.74) is 14.8. The number of aromatic nitrogens is 1. The van der Waals surface area contributed by atoms with Crippen molar-refractivity contribution in [3.63, 3.8) is 0 Å². The first-order chi connectivity index (χ1) is 7.63. The number of nitrogens with two attached hydrogens (primary N) is 1. The largest absolute Gasteiger partial charge is 0.480 e. The second-order valence-corrected chi connectivity index (χ2v) is 3.20. The van der Waals surface area contributed by atoms with Crippen LogP contribution in [0.1, 0.15) is 18.7 Å². The Morgan fingerprint density at radius 3 is 2.82 bits per heavy atom. The van der Waals surface area contributed by atoms with Crippen LogP contribution in [0.25, 0.3) is 10.4 Å². The van der Waals surface area contributed by atoms with Crippen molar-refractivity contribution < 1.29 is 9.90 Å². The number of azide groups is 1. The van der Waals surface area contributed by atoms with Crippen LogP contribution in [0.5, 0.6) is 0 Å². The molecule has 0 saturated heterocycles. The molecule has 7 heteroatoms. The molecule has 92 valence electrons. The van der Waals surface area contributed by atoms with Crippen LogP contribution in [0.4, 0.5) is 0 Å². The fourth-order valence-electron chi connectivity index (χ4n) is 1.11. The summed E-state index contributed by atoms with van der Waals surface area (Å²) >= 11 is 0. The van der Waals surface area contributed by atoms with E-state index in [2.05, 4.69) is 15.0 Å². The van der Waals surface area contributed by atoms with Crippen LogP contribution in [0.3, 0.4) is 0 Å². The molecule has 1 heterocycles. The molecule has 0 radical (unpaired) electrons. The lowest BCUT2D eigenvalue weighted by molar-refractivity contribution is -0.138. The summed E-state index contributed by atoms with van der Waals surface area (Å²) in [5, 5.41) is 12.0. The predicted molar refractivity (Wildman–Crippen MR) is 63.1 cm³/mol. The van der Waals surface area contributed by atoms with Crippen molar-refractivity contribution in [2.24, 2.45) is 10.8 Å². The fraction of sp³-hybridized carbons (Fsp3) is 0.400. The normalized spacial score (nSPS) is 10.9. The number of carboxylic acids is 1. The molecule has 0 aliphatic rings. The average Bonchev–Trinajstić information content (AvgIpc) is 2.28. The number of carboxylic acid groups (broad SMARTS) is 1. The second-order valence-electron chi connectivity index (χ2n) is 3.20. The maximum absolute atomic E-state index is 10.5.